The number of nitrogens with zero attached hydrogens (tertiary/aromatic N) is 7. The lowest BCUT2D eigenvalue weighted by Crippen LogP contribution is -2.56. The van der Waals surface area contributed by atoms with Crippen LogP contribution in [-0.2, 0) is 38.3 Å². The molecule has 13 heteroatoms. The molecule has 2 fully saturated rings. The van der Waals surface area contributed by atoms with E-state index in [1.54, 1.807) is 36.2 Å². The van der Waals surface area contributed by atoms with Gasteiger partial charge in [-0.3, -0.25) is 19.3 Å². The highest BCUT2D eigenvalue weighted by atomic mass is 28.4. The molecule has 4 aromatic rings. The fraction of sp³-hybridized carbons (Fsp3) is 0.462. The van der Waals surface area contributed by atoms with Crippen LogP contribution in [0.25, 0.3) is 6.08 Å². The third-order valence-corrected chi connectivity index (χ3v) is 17.8. The fourth-order valence-corrected chi connectivity index (χ4v) is 9.05. The fourth-order valence-electron chi connectivity index (χ4n) is 8.02. The molecular weight excluding hydrogens is 831 g/mol. The molecule has 0 spiro atoms. The van der Waals surface area contributed by atoms with E-state index in [9.17, 15) is 14.4 Å². The smallest absolute Gasteiger partial charge is 0.247 e. The molecular formula is C52H71N7O5Si. The predicted molar refractivity (Wildman–Crippen MR) is 265 cm³/mol. The summed E-state index contributed by atoms with van der Waals surface area (Å²) in [7, 11) is 0.327. The number of pyridine rings is 1. The van der Waals surface area contributed by atoms with Gasteiger partial charge in [0.15, 0.2) is 8.32 Å². The highest BCUT2D eigenvalue weighted by molar-refractivity contribution is 6.74. The van der Waals surface area contributed by atoms with Gasteiger partial charge in [-0.05, 0) is 83.7 Å². The maximum Gasteiger partial charge on any atom is 0.247 e. The Labute approximate surface area is 388 Å². The lowest BCUT2D eigenvalue weighted by Gasteiger charge is -2.39. The number of amides is 3. The van der Waals surface area contributed by atoms with Crippen LogP contribution in [0.15, 0.2) is 103 Å². The molecule has 2 aliphatic heterocycles. The summed E-state index contributed by atoms with van der Waals surface area (Å²) in [4.78, 5) is 58.2. The normalized spacial score (nSPS) is 15.5. The van der Waals surface area contributed by atoms with E-state index in [1.165, 1.54) is 5.56 Å². The second-order valence-corrected chi connectivity index (χ2v) is 23.6. The van der Waals surface area contributed by atoms with Crippen molar-refractivity contribution in [1.82, 2.24) is 24.6 Å². The average molecular weight is 902 g/mol. The Hall–Kier alpha value is -5.50. The highest BCUT2D eigenvalue weighted by Crippen LogP contribution is 2.36. The Morgan fingerprint density at radius 3 is 2.05 bits per heavy atom. The van der Waals surface area contributed by atoms with Gasteiger partial charge >= 0.3 is 0 Å². The molecule has 2 saturated heterocycles. The van der Waals surface area contributed by atoms with Gasteiger partial charge in [-0.2, -0.15) is 0 Å². The van der Waals surface area contributed by atoms with Gasteiger partial charge in [-0.15, -0.1) is 0 Å². The summed E-state index contributed by atoms with van der Waals surface area (Å²) in [5.74, 6) is 0.315. The zero-order chi connectivity index (χ0) is 46.6. The molecule has 0 N–H and O–H groups in total. The number of rotatable bonds is 18. The number of likely N-dealkylation sites (N-methyl/N-ethyl adjacent to an activating group) is 1. The van der Waals surface area contributed by atoms with Crippen LogP contribution in [0.2, 0.25) is 18.1 Å². The van der Waals surface area contributed by atoms with E-state index in [2.05, 4.69) is 97.0 Å². The number of benzene rings is 3. The van der Waals surface area contributed by atoms with E-state index < -0.39 is 14.4 Å². The number of hydrogen-bond acceptors (Lipinski definition) is 9. The van der Waals surface area contributed by atoms with E-state index >= 15 is 0 Å². The summed E-state index contributed by atoms with van der Waals surface area (Å²) < 4.78 is 11.9. The van der Waals surface area contributed by atoms with Gasteiger partial charge in [0, 0.05) is 122 Å². The van der Waals surface area contributed by atoms with E-state index in [1.807, 2.05) is 65.3 Å². The molecule has 3 aromatic carbocycles. The summed E-state index contributed by atoms with van der Waals surface area (Å²) >= 11 is 0. The van der Waals surface area contributed by atoms with Crippen molar-refractivity contribution in [2.24, 2.45) is 0 Å². The maximum atomic E-state index is 14.9. The number of carbonyl (C=O) groups is 3. The summed E-state index contributed by atoms with van der Waals surface area (Å²) in [6, 6.07) is 29.9. The molecule has 65 heavy (non-hydrogen) atoms. The van der Waals surface area contributed by atoms with Crippen LogP contribution in [0.3, 0.4) is 0 Å². The van der Waals surface area contributed by atoms with Gasteiger partial charge in [0.1, 0.15) is 6.04 Å². The molecule has 6 rings (SSSR count). The molecule has 1 atom stereocenters. The van der Waals surface area contributed by atoms with Gasteiger partial charge in [0.2, 0.25) is 23.6 Å². The van der Waals surface area contributed by atoms with Crippen molar-refractivity contribution in [3.05, 3.63) is 126 Å². The highest BCUT2D eigenvalue weighted by Gasteiger charge is 2.37. The van der Waals surface area contributed by atoms with Crippen LogP contribution in [0, 0.1) is 0 Å². The minimum absolute atomic E-state index is 0.0529. The molecule has 0 bridgehead atoms. The summed E-state index contributed by atoms with van der Waals surface area (Å²) in [6.07, 6.45) is 5.36. The van der Waals surface area contributed by atoms with Crippen molar-refractivity contribution in [2.75, 3.05) is 89.0 Å². The SMILES string of the molecule is CCOc1ccc(/C=C\C(=O)N(Cc2ccc(N3CCN(C(C)=O)CC3)cc2)[C@@H](Cc2ccccc2)C(=O)N2CCN(Cc3ccc(N(C)CCO[Si](C)(C)C(C)(C)C)cc3)CC2)cn1. The van der Waals surface area contributed by atoms with Crippen LogP contribution in [0.5, 0.6) is 5.88 Å². The van der Waals surface area contributed by atoms with Gasteiger partial charge in [0.05, 0.1) is 13.2 Å². The Morgan fingerprint density at radius 1 is 0.800 bits per heavy atom. The van der Waals surface area contributed by atoms with Crippen molar-refractivity contribution in [1.29, 1.82) is 0 Å². The standard InChI is InChI=1S/C52H71N7O5Si/c1-9-63-49-25-19-43(38-53-49)20-26-50(61)59(40-45-17-23-47(24-18-45)57-33-31-56(32-34-57)41(2)60)48(37-42-13-11-10-12-14-42)51(62)58-29-27-55(28-30-58)39-44-15-21-46(22-16-44)54(6)35-36-64-65(7,8)52(3,4)5/h10-26,38,48H,9,27-37,39-40H2,1-8H3/b26-20-/t48-/m0/s1. The van der Waals surface area contributed by atoms with Crippen LogP contribution in [0.1, 0.15) is 56.9 Å². The molecule has 348 valence electrons. The molecule has 0 unspecified atom stereocenters. The number of ether oxygens (including phenoxy) is 1. The molecule has 3 amide bonds. The van der Waals surface area contributed by atoms with Crippen molar-refractivity contribution >= 4 is 43.5 Å². The first-order chi connectivity index (χ1) is 31.1. The molecule has 12 nitrogen and oxygen atoms in total. The summed E-state index contributed by atoms with van der Waals surface area (Å²) in [5, 5.41) is 0.189. The van der Waals surface area contributed by atoms with Gasteiger partial charge in [0.25, 0.3) is 0 Å². The zero-order valence-electron chi connectivity index (χ0n) is 40.0. The number of carbonyl (C=O) groups excluding carboxylic acids is 3. The minimum atomic E-state index is -1.79. The van der Waals surface area contributed by atoms with Crippen LogP contribution >= 0.6 is 0 Å². The first-order valence-corrected chi connectivity index (χ1v) is 26.2. The van der Waals surface area contributed by atoms with Gasteiger partial charge < -0.3 is 33.7 Å². The van der Waals surface area contributed by atoms with E-state index in [-0.39, 0.29) is 29.3 Å². The van der Waals surface area contributed by atoms with Crippen LogP contribution in [0.4, 0.5) is 11.4 Å². The first kappa shape index (κ1) is 48.9. The van der Waals surface area contributed by atoms with Crippen LogP contribution in [-0.4, -0.2) is 136 Å². The van der Waals surface area contributed by atoms with Crippen molar-refractivity contribution < 1.29 is 23.5 Å². The summed E-state index contributed by atoms with van der Waals surface area (Å²) in [6.45, 7) is 23.5. The second-order valence-electron chi connectivity index (χ2n) is 18.8. The van der Waals surface area contributed by atoms with E-state index in [4.69, 9.17) is 9.16 Å². The monoisotopic (exact) mass is 902 g/mol. The maximum absolute atomic E-state index is 14.9. The second kappa shape index (κ2) is 22.6. The molecule has 3 heterocycles. The quantitative estimate of drug-likeness (QED) is 0.0739. The lowest BCUT2D eigenvalue weighted by molar-refractivity contribution is -0.145. The van der Waals surface area contributed by atoms with E-state index in [0.29, 0.717) is 51.7 Å². The Kier molecular flexibility index (Phi) is 17.0. The molecule has 0 saturated carbocycles. The number of hydrogen-bond donors (Lipinski definition) is 0. The van der Waals surface area contributed by atoms with Crippen molar-refractivity contribution in [3.63, 3.8) is 0 Å². The Bertz CT molecular complexity index is 2160. The Balaban J connectivity index is 1.15. The minimum Gasteiger partial charge on any atom is -0.478 e. The van der Waals surface area contributed by atoms with Gasteiger partial charge in [-0.1, -0.05) is 75.4 Å². The molecule has 0 aliphatic carbocycles. The third-order valence-electron chi connectivity index (χ3n) is 13.2. The number of piperazine rings is 2. The zero-order valence-corrected chi connectivity index (χ0v) is 41.0. The van der Waals surface area contributed by atoms with Crippen LogP contribution < -0.4 is 14.5 Å². The molecule has 0 radical (unpaired) electrons. The van der Waals surface area contributed by atoms with E-state index in [0.717, 1.165) is 67.3 Å². The molecule has 2 aliphatic rings. The largest absolute Gasteiger partial charge is 0.478 e. The first-order valence-electron chi connectivity index (χ1n) is 23.3. The lowest BCUT2D eigenvalue weighted by atomic mass is 10.0. The number of aromatic nitrogens is 1. The van der Waals surface area contributed by atoms with Crippen molar-refractivity contribution in [3.8, 4) is 5.88 Å². The average Bonchev–Trinajstić information content (AvgIpc) is 3.30. The predicted octanol–water partition coefficient (Wildman–Crippen LogP) is 7.60. The third kappa shape index (κ3) is 13.8. The Morgan fingerprint density at radius 2 is 1.45 bits per heavy atom. The van der Waals surface area contributed by atoms with Crippen molar-refractivity contribution in [2.45, 2.75) is 78.3 Å². The van der Waals surface area contributed by atoms with Gasteiger partial charge in [-0.25, -0.2) is 4.98 Å². The topological polar surface area (TPSA) is 102 Å². The number of anilines is 2. The summed E-state index contributed by atoms with van der Waals surface area (Å²) in [5.41, 5.74) is 6.13. The molecule has 1 aromatic heterocycles.